The van der Waals surface area contributed by atoms with Crippen molar-refractivity contribution >= 4 is 47.0 Å². The van der Waals surface area contributed by atoms with Gasteiger partial charge in [-0.25, -0.2) is 9.59 Å². The highest BCUT2D eigenvalue weighted by Crippen LogP contribution is 2.38. The maximum atomic E-state index is 14.0. The maximum Gasteiger partial charge on any atom is 0.411 e. The summed E-state index contributed by atoms with van der Waals surface area (Å²) in [5, 5.41) is 22.8. The van der Waals surface area contributed by atoms with E-state index in [4.69, 9.17) is 42.7 Å². The zero-order valence-corrected chi connectivity index (χ0v) is 33.6. The summed E-state index contributed by atoms with van der Waals surface area (Å²) in [7, 11) is 0. The van der Waals surface area contributed by atoms with Gasteiger partial charge in [-0.15, -0.1) is 0 Å². The van der Waals surface area contributed by atoms with Crippen molar-refractivity contribution in [1.82, 2.24) is 10.2 Å². The minimum atomic E-state index is -1.29. The van der Waals surface area contributed by atoms with Crippen LogP contribution < -0.4 is 14.8 Å². The van der Waals surface area contributed by atoms with Crippen LogP contribution in [-0.2, 0) is 51.5 Å². The molecule has 0 saturated heterocycles. The average Bonchev–Trinajstić information content (AvgIpc) is 3.22. The number of Topliss-reactive ketones (excluding diaryl/α,β-unsaturated/α-hetero) is 1. The number of nitrogens with zero attached hydrogens (tertiary/aromatic N) is 2. The van der Waals surface area contributed by atoms with Crippen LogP contribution in [0, 0.1) is 11.3 Å². The number of ether oxygens (including phenoxy) is 3. The van der Waals surface area contributed by atoms with Crippen molar-refractivity contribution in [2.45, 2.75) is 70.6 Å². The Bertz CT molecular complexity index is 2450. The van der Waals surface area contributed by atoms with Gasteiger partial charge in [0.15, 0.2) is 11.9 Å². The molecule has 11 nitrogen and oxygen atoms in total. The molecule has 2 amide bonds. The number of halogens is 2. The first-order chi connectivity index (χ1) is 28.3. The van der Waals surface area contributed by atoms with Gasteiger partial charge in [-0.05, 0) is 89.7 Å². The molecule has 2 aliphatic heterocycles. The van der Waals surface area contributed by atoms with Crippen molar-refractivity contribution in [2.24, 2.45) is 0 Å². The molecule has 0 aliphatic carbocycles. The van der Waals surface area contributed by atoms with Crippen LogP contribution in [0.15, 0.2) is 103 Å². The third-order valence-corrected chi connectivity index (χ3v) is 11.0. The molecule has 3 atom stereocenters. The summed E-state index contributed by atoms with van der Waals surface area (Å²) < 4.78 is 17.7. The lowest BCUT2D eigenvalue weighted by Crippen LogP contribution is -2.56. The number of aliphatic carboxylic acids is 1. The Hall–Kier alpha value is -6.35. The molecule has 7 rings (SSSR count). The molecule has 5 aromatic rings. The van der Waals surface area contributed by atoms with Crippen molar-refractivity contribution < 1.29 is 38.5 Å². The number of carbonyl (C=O) groups excluding carboxylic acids is 3. The lowest BCUT2D eigenvalue weighted by atomic mass is 9.88. The van der Waals surface area contributed by atoms with Crippen LogP contribution in [0.3, 0.4) is 0 Å². The molecule has 5 aromatic carbocycles. The molecule has 0 radical (unpaired) electrons. The van der Waals surface area contributed by atoms with Gasteiger partial charge in [0, 0.05) is 30.4 Å². The number of carboxylic acids is 1. The van der Waals surface area contributed by atoms with Crippen LogP contribution in [0.4, 0.5) is 4.79 Å². The molecule has 59 heavy (non-hydrogen) atoms. The summed E-state index contributed by atoms with van der Waals surface area (Å²) in [5.74, 6) is -0.943. The van der Waals surface area contributed by atoms with Gasteiger partial charge in [-0.1, -0.05) is 83.9 Å². The molecule has 0 fully saturated rings. The predicted molar refractivity (Wildman–Crippen MR) is 220 cm³/mol. The first kappa shape index (κ1) is 40.8. The number of benzene rings is 5. The number of rotatable bonds is 11. The number of ketones is 1. The highest BCUT2D eigenvalue weighted by Gasteiger charge is 2.39. The van der Waals surface area contributed by atoms with E-state index in [1.807, 2.05) is 36.4 Å². The summed E-state index contributed by atoms with van der Waals surface area (Å²) in [6.45, 7) is 3.67. The SMILES string of the molecule is CC(C)OC(=O)N1Cc2cc3c(cc2C[C@H]1C(=O)N[C@@H](Cc1ccc(-c2ccc(C#N)cc2)cc1)C(=O)O)CC(=O)C(c1ccc(OCc2ccc(Cl)c(Cl)c2)cc1)O3. The van der Waals surface area contributed by atoms with Crippen molar-refractivity contribution in [3.8, 4) is 28.7 Å². The van der Waals surface area contributed by atoms with E-state index >= 15 is 0 Å². The van der Waals surface area contributed by atoms with Crippen LogP contribution in [0.5, 0.6) is 11.5 Å². The van der Waals surface area contributed by atoms with Crippen molar-refractivity contribution in [1.29, 1.82) is 5.26 Å². The van der Waals surface area contributed by atoms with E-state index in [9.17, 15) is 24.3 Å². The molecule has 2 heterocycles. The molecule has 300 valence electrons. The fourth-order valence-electron chi connectivity index (χ4n) is 7.15. The average molecular weight is 833 g/mol. The topological polar surface area (TPSA) is 155 Å². The number of nitriles is 1. The third-order valence-electron chi connectivity index (χ3n) is 10.2. The van der Waals surface area contributed by atoms with Gasteiger partial charge in [0.05, 0.1) is 34.3 Å². The van der Waals surface area contributed by atoms with Gasteiger partial charge >= 0.3 is 12.1 Å². The van der Waals surface area contributed by atoms with Crippen molar-refractivity contribution in [2.75, 3.05) is 0 Å². The first-order valence-electron chi connectivity index (χ1n) is 19.0. The number of carbonyl (C=O) groups is 4. The molecule has 13 heteroatoms. The van der Waals surface area contributed by atoms with Crippen molar-refractivity contribution in [3.05, 3.63) is 152 Å². The van der Waals surface area contributed by atoms with Crippen LogP contribution in [0.2, 0.25) is 10.0 Å². The number of carboxylic acid groups (broad SMARTS) is 1. The van der Waals surface area contributed by atoms with Gasteiger partial charge < -0.3 is 24.6 Å². The monoisotopic (exact) mass is 831 g/mol. The molecule has 1 unspecified atom stereocenters. The Balaban J connectivity index is 1.05. The van der Waals surface area contributed by atoms with E-state index in [1.54, 1.807) is 80.6 Å². The Kier molecular flexibility index (Phi) is 12.2. The number of amides is 2. The van der Waals surface area contributed by atoms with Crippen LogP contribution >= 0.6 is 23.2 Å². The quantitative estimate of drug-likeness (QED) is 0.133. The second-order valence-corrected chi connectivity index (χ2v) is 15.6. The maximum absolute atomic E-state index is 14.0. The largest absolute Gasteiger partial charge is 0.489 e. The lowest BCUT2D eigenvalue weighted by Gasteiger charge is -2.37. The van der Waals surface area contributed by atoms with E-state index in [0.29, 0.717) is 49.4 Å². The molecule has 0 aromatic heterocycles. The fraction of sp³-hybridized carbons (Fsp3) is 0.239. The Morgan fingerprint density at radius 1 is 0.881 bits per heavy atom. The van der Waals surface area contributed by atoms with E-state index < -0.39 is 42.3 Å². The Labute approximate surface area is 351 Å². The molecular weight excluding hydrogens is 793 g/mol. The third kappa shape index (κ3) is 9.52. The second kappa shape index (κ2) is 17.6. The van der Waals surface area contributed by atoms with Gasteiger partial charge in [-0.3, -0.25) is 14.5 Å². The first-order valence-corrected chi connectivity index (χ1v) is 19.7. The molecule has 0 bridgehead atoms. The van der Waals surface area contributed by atoms with Crippen LogP contribution in [0.1, 0.15) is 58.9 Å². The summed E-state index contributed by atoms with van der Waals surface area (Å²) in [6, 6.07) is 30.1. The summed E-state index contributed by atoms with van der Waals surface area (Å²) >= 11 is 12.1. The normalized spacial score (nSPS) is 16.2. The van der Waals surface area contributed by atoms with Crippen LogP contribution in [0.25, 0.3) is 11.1 Å². The summed E-state index contributed by atoms with van der Waals surface area (Å²) in [6.07, 6.45) is -1.91. The van der Waals surface area contributed by atoms with Crippen molar-refractivity contribution in [3.63, 3.8) is 0 Å². The van der Waals surface area contributed by atoms with E-state index in [2.05, 4.69) is 11.4 Å². The highest BCUT2D eigenvalue weighted by molar-refractivity contribution is 6.42. The molecular formula is C46H39Cl2N3O8. The fourth-order valence-corrected chi connectivity index (χ4v) is 7.47. The van der Waals surface area contributed by atoms with E-state index in [1.165, 1.54) is 4.90 Å². The van der Waals surface area contributed by atoms with E-state index in [-0.39, 0.29) is 38.2 Å². The Morgan fingerprint density at radius 2 is 1.56 bits per heavy atom. The minimum absolute atomic E-state index is 0.00290. The van der Waals surface area contributed by atoms with Gasteiger partial charge in [0.2, 0.25) is 5.91 Å². The minimum Gasteiger partial charge on any atom is -0.489 e. The smallest absolute Gasteiger partial charge is 0.411 e. The molecule has 0 spiro atoms. The summed E-state index contributed by atoms with van der Waals surface area (Å²) in [5.41, 5.74) is 6.61. The number of fused-ring (bicyclic) bond motifs is 2. The van der Waals surface area contributed by atoms with Gasteiger partial charge in [-0.2, -0.15) is 5.26 Å². The van der Waals surface area contributed by atoms with Gasteiger partial charge in [0.1, 0.15) is 30.2 Å². The summed E-state index contributed by atoms with van der Waals surface area (Å²) in [4.78, 5) is 54.7. The predicted octanol–water partition coefficient (Wildman–Crippen LogP) is 8.44. The zero-order chi connectivity index (χ0) is 41.8. The van der Waals surface area contributed by atoms with Crippen LogP contribution in [-0.4, -0.2) is 51.9 Å². The second-order valence-electron chi connectivity index (χ2n) is 14.7. The standard InChI is InChI=1S/C46H39Cl2N3O8/c1-26(2)58-46(56)51-24-35-22-42-34(21-41(52)43(59-42)32-12-14-36(15-13-32)57-25-29-7-16-37(47)38(48)17-29)19-33(35)20-40(51)44(53)50-39(45(54)55)18-27-3-8-30(9-4-27)31-10-5-28(23-49)6-11-31/h3-17,19,22,26,39-40,43H,18,20-21,24-25H2,1-2H3,(H,50,53)(H,54,55)/t39-,40-,43?/m0/s1. The van der Waals surface area contributed by atoms with Gasteiger partial charge in [0.25, 0.3) is 0 Å². The number of hydrogen-bond donors (Lipinski definition) is 2. The van der Waals surface area contributed by atoms with E-state index in [0.717, 1.165) is 22.3 Å². The number of hydrogen-bond acceptors (Lipinski definition) is 8. The Morgan fingerprint density at radius 3 is 2.20 bits per heavy atom. The zero-order valence-electron chi connectivity index (χ0n) is 32.1. The number of nitrogens with one attached hydrogen (secondary N) is 1. The molecule has 2 N–H and O–H groups in total. The highest BCUT2D eigenvalue weighted by atomic mass is 35.5. The molecule has 2 aliphatic rings. The lowest BCUT2D eigenvalue weighted by molar-refractivity contribution is -0.142. The molecule has 0 saturated carbocycles.